The van der Waals surface area contributed by atoms with Gasteiger partial charge < -0.3 is 30.1 Å². The van der Waals surface area contributed by atoms with Gasteiger partial charge in [-0.3, -0.25) is 19.2 Å². The zero-order valence-corrected chi connectivity index (χ0v) is 28.2. The summed E-state index contributed by atoms with van der Waals surface area (Å²) in [6.45, 7) is 14.9. The van der Waals surface area contributed by atoms with Crippen molar-refractivity contribution in [1.82, 2.24) is 15.5 Å². The number of hydrogen-bond donors (Lipinski definition) is 3. The van der Waals surface area contributed by atoms with Gasteiger partial charge in [0.1, 0.15) is 6.04 Å². The molecule has 0 bridgehead atoms. The van der Waals surface area contributed by atoms with Crippen molar-refractivity contribution < 1.29 is 33.8 Å². The van der Waals surface area contributed by atoms with Crippen molar-refractivity contribution in [3.63, 3.8) is 0 Å². The van der Waals surface area contributed by atoms with E-state index in [-0.39, 0.29) is 36.4 Å². The number of carbonyl (C=O) groups excluding carboxylic acids is 4. The van der Waals surface area contributed by atoms with Crippen LogP contribution in [0.25, 0.3) is 0 Å². The van der Waals surface area contributed by atoms with Gasteiger partial charge in [-0.2, -0.15) is 0 Å². The third-order valence-corrected chi connectivity index (χ3v) is 7.62. The molecule has 1 heterocycles. The maximum atomic E-state index is 13.1. The number of aliphatic hydroxyl groups is 1. The summed E-state index contributed by atoms with van der Waals surface area (Å²) in [5.74, 6) is -1.36. The molecule has 11 heteroatoms. The van der Waals surface area contributed by atoms with Crippen LogP contribution in [0, 0.1) is 10.8 Å². The fourth-order valence-corrected chi connectivity index (χ4v) is 4.55. The van der Waals surface area contributed by atoms with Gasteiger partial charge in [-0.05, 0) is 110 Å². The number of aliphatic hydroxyl groups excluding tert-OH is 1. The third kappa shape index (κ3) is 10.0. The molecular weight excluding hydrogens is 598 g/mol. The molecule has 246 valence electrons. The number of esters is 2. The smallest absolute Gasteiger partial charge is 0.316 e. The molecule has 0 radical (unpaired) electrons. The van der Waals surface area contributed by atoms with E-state index in [1.54, 1.807) is 76.8 Å². The van der Waals surface area contributed by atoms with Crippen molar-refractivity contribution in [2.45, 2.75) is 85.9 Å². The van der Waals surface area contributed by atoms with Crippen molar-refractivity contribution in [1.29, 1.82) is 0 Å². The summed E-state index contributed by atoms with van der Waals surface area (Å²) in [5, 5.41) is 17.8. The molecule has 1 unspecified atom stereocenters. The van der Waals surface area contributed by atoms with Crippen LogP contribution in [0.1, 0.15) is 90.3 Å². The molecule has 45 heavy (non-hydrogen) atoms. The highest BCUT2D eigenvalue weighted by Gasteiger charge is 2.35. The first-order valence-corrected chi connectivity index (χ1v) is 15.5. The van der Waals surface area contributed by atoms with Gasteiger partial charge in [0, 0.05) is 35.8 Å². The van der Waals surface area contributed by atoms with Crippen LogP contribution in [0.4, 0.5) is 0 Å². The van der Waals surface area contributed by atoms with Gasteiger partial charge in [-0.25, -0.2) is 0 Å². The molecule has 2 aromatic rings. The number of benzene rings is 2. The SMILES string of the molecule is CC(C)(CNC(=O)[C@@H]1CCCN1C(=O)c1ccc(Cl)cc1)NCC(O)c1ccc(OC(=O)C(C)(C)C)c(OC(=O)C(C)(C)C)c1. The summed E-state index contributed by atoms with van der Waals surface area (Å²) in [5.41, 5.74) is -1.29. The van der Waals surface area contributed by atoms with Crippen LogP contribution in [0.5, 0.6) is 11.5 Å². The highest BCUT2D eigenvalue weighted by molar-refractivity contribution is 6.30. The Hall–Kier alpha value is -3.47. The predicted octanol–water partition coefficient (Wildman–Crippen LogP) is 5.07. The summed E-state index contributed by atoms with van der Waals surface area (Å²) in [6.07, 6.45) is 0.287. The van der Waals surface area contributed by atoms with E-state index in [1.165, 1.54) is 12.1 Å². The first-order valence-electron chi connectivity index (χ1n) is 15.1. The Balaban J connectivity index is 1.63. The number of halogens is 1. The topological polar surface area (TPSA) is 134 Å². The lowest BCUT2D eigenvalue weighted by molar-refractivity contribution is -0.145. The lowest BCUT2D eigenvalue weighted by Gasteiger charge is -2.30. The second kappa shape index (κ2) is 14.3. The number of β-amino-alcohol motifs (C(OH)–C–C–N with tert-alkyl or cyclic N) is 1. The predicted molar refractivity (Wildman–Crippen MR) is 172 cm³/mol. The molecule has 2 aromatic carbocycles. The first-order chi connectivity index (χ1) is 20.8. The minimum Gasteiger partial charge on any atom is -0.422 e. The second-order valence-corrected chi connectivity index (χ2v) is 14.6. The van der Waals surface area contributed by atoms with Crippen molar-refractivity contribution in [2.24, 2.45) is 10.8 Å². The monoisotopic (exact) mass is 643 g/mol. The molecule has 1 aliphatic rings. The summed E-state index contributed by atoms with van der Waals surface area (Å²) >= 11 is 5.95. The Morgan fingerprint density at radius 1 is 0.911 bits per heavy atom. The van der Waals surface area contributed by atoms with Crippen molar-refractivity contribution in [3.8, 4) is 11.5 Å². The van der Waals surface area contributed by atoms with Crippen molar-refractivity contribution in [3.05, 3.63) is 58.6 Å². The number of carbonyl (C=O) groups is 4. The van der Waals surface area contributed by atoms with E-state index >= 15 is 0 Å². The number of amides is 2. The minimum atomic E-state index is -1.01. The maximum absolute atomic E-state index is 13.1. The number of rotatable bonds is 10. The van der Waals surface area contributed by atoms with Gasteiger partial charge in [0.15, 0.2) is 11.5 Å². The molecule has 0 aliphatic carbocycles. The van der Waals surface area contributed by atoms with Crippen LogP contribution in [-0.2, 0) is 14.4 Å². The van der Waals surface area contributed by atoms with Crippen molar-refractivity contribution >= 4 is 35.4 Å². The Labute approximate surface area is 270 Å². The number of ether oxygens (including phenoxy) is 2. The summed E-state index contributed by atoms with van der Waals surface area (Å²) in [7, 11) is 0. The number of nitrogens with one attached hydrogen (secondary N) is 2. The normalized spacial score (nSPS) is 16.2. The Morgan fingerprint density at radius 3 is 2.07 bits per heavy atom. The molecule has 2 atom stereocenters. The third-order valence-electron chi connectivity index (χ3n) is 7.37. The standard InChI is InChI=1S/C34H46ClN3O7/c1-32(2,3)30(42)44-26-16-13-22(18-27(26)45-31(43)33(4,5)6)25(39)19-37-34(7,8)20-36-28(40)24-10-9-17-38(24)29(41)21-11-14-23(35)15-12-21/h11-16,18,24-25,37,39H,9-10,17,19-20H2,1-8H3,(H,36,40)/t24-,25?/m0/s1. The van der Waals surface area contributed by atoms with Crippen LogP contribution in [-0.4, -0.2) is 65.0 Å². The Morgan fingerprint density at radius 2 is 1.49 bits per heavy atom. The molecule has 1 saturated heterocycles. The van der Waals surface area contributed by atoms with Gasteiger partial charge in [0.05, 0.1) is 16.9 Å². The average Bonchev–Trinajstić information content (AvgIpc) is 3.45. The average molecular weight is 644 g/mol. The Bertz CT molecular complexity index is 1390. The molecule has 0 spiro atoms. The fourth-order valence-electron chi connectivity index (χ4n) is 4.42. The molecule has 3 rings (SSSR count). The lowest BCUT2D eigenvalue weighted by atomic mass is 9.97. The highest BCUT2D eigenvalue weighted by Crippen LogP contribution is 2.34. The van der Waals surface area contributed by atoms with E-state index in [1.807, 2.05) is 13.8 Å². The molecule has 3 N–H and O–H groups in total. The minimum absolute atomic E-state index is 0.0323. The zero-order chi connectivity index (χ0) is 33.7. The summed E-state index contributed by atoms with van der Waals surface area (Å²) < 4.78 is 11.1. The van der Waals surface area contributed by atoms with Crippen molar-refractivity contribution in [2.75, 3.05) is 19.6 Å². The Kier molecular flexibility index (Phi) is 11.4. The van der Waals surface area contributed by atoms with E-state index in [0.29, 0.717) is 29.1 Å². The molecule has 0 saturated carbocycles. The van der Waals surface area contributed by atoms with Crippen LogP contribution >= 0.6 is 11.6 Å². The van der Waals surface area contributed by atoms with E-state index in [4.69, 9.17) is 21.1 Å². The molecule has 1 fully saturated rings. The second-order valence-electron chi connectivity index (χ2n) is 14.1. The van der Waals surface area contributed by atoms with E-state index in [0.717, 1.165) is 6.42 Å². The number of hydrogen-bond acceptors (Lipinski definition) is 8. The van der Waals surface area contributed by atoms with Gasteiger partial charge in [0.25, 0.3) is 5.91 Å². The number of nitrogens with zero attached hydrogens (tertiary/aromatic N) is 1. The highest BCUT2D eigenvalue weighted by atomic mass is 35.5. The van der Waals surface area contributed by atoms with E-state index in [9.17, 15) is 24.3 Å². The fraction of sp³-hybridized carbons (Fsp3) is 0.529. The van der Waals surface area contributed by atoms with Crippen LogP contribution in [0.2, 0.25) is 5.02 Å². The van der Waals surface area contributed by atoms with Gasteiger partial charge in [-0.15, -0.1) is 0 Å². The van der Waals surface area contributed by atoms with Crippen LogP contribution < -0.4 is 20.1 Å². The number of likely N-dealkylation sites (tertiary alicyclic amines) is 1. The zero-order valence-electron chi connectivity index (χ0n) is 27.5. The molecule has 1 aliphatic heterocycles. The molecular formula is C34H46ClN3O7. The van der Waals surface area contributed by atoms with Crippen LogP contribution in [0.15, 0.2) is 42.5 Å². The summed E-state index contributed by atoms with van der Waals surface area (Å²) in [4.78, 5) is 53.0. The van der Waals surface area contributed by atoms with Crippen LogP contribution in [0.3, 0.4) is 0 Å². The maximum Gasteiger partial charge on any atom is 0.316 e. The van der Waals surface area contributed by atoms with Gasteiger partial charge in [-0.1, -0.05) is 17.7 Å². The summed E-state index contributed by atoms with van der Waals surface area (Å²) in [6, 6.07) is 10.6. The molecule has 0 aromatic heterocycles. The molecule has 10 nitrogen and oxygen atoms in total. The van der Waals surface area contributed by atoms with Gasteiger partial charge >= 0.3 is 11.9 Å². The molecule has 2 amide bonds. The van der Waals surface area contributed by atoms with E-state index in [2.05, 4.69) is 10.6 Å². The lowest BCUT2D eigenvalue weighted by Crippen LogP contribution is -2.53. The quantitative estimate of drug-likeness (QED) is 0.242. The van der Waals surface area contributed by atoms with E-state index < -0.39 is 40.5 Å². The largest absolute Gasteiger partial charge is 0.422 e. The first kappa shape index (κ1) is 36.0. The van der Waals surface area contributed by atoms with Gasteiger partial charge in [0.2, 0.25) is 5.91 Å².